The molecule has 0 spiro atoms. The molecular weight excluding hydrogens is 290 g/mol. The molecular formula is C15H8BrNO. The van der Waals surface area contributed by atoms with Crippen molar-refractivity contribution in [2.75, 3.05) is 0 Å². The zero-order valence-electron chi connectivity index (χ0n) is 9.35. The number of nitrogens with zero attached hydrogens (tertiary/aromatic N) is 1. The second-order valence-electron chi connectivity index (χ2n) is 4.28. The van der Waals surface area contributed by atoms with E-state index >= 15 is 0 Å². The average Bonchev–Trinajstić information content (AvgIpc) is 2.74. The molecule has 4 aromatic rings. The van der Waals surface area contributed by atoms with Gasteiger partial charge in [0.05, 0.1) is 5.52 Å². The normalized spacial score (nSPS) is 11.6. The van der Waals surface area contributed by atoms with Gasteiger partial charge in [-0.3, -0.25) is 0 Å². The van der Waals surface area contributed by atoms with E-state index in [1.807, 2.05) is 30.3 Å². The van der Waals surface area contributed by atoms with Crippen LogP contribution in [0.2, 0.25) is 0 Å². The number of halogens is 1. The molecule has 0 atom stereocenters. The lowest BCUT2D eigenvalue weighted by Crippen LogP contribution is -1.79. The Bertz CT molecular complexity index is 895. The molecule has 0 fully saturated rings. The zero-order chi connectivity index (χ0) is 12.1. The Hall–Kier alpha value is -1.87. The molecule has 0 saturated carbocycles. The van der Waals surface area contributed by atoms with Gasteiger partial charge in [-0.2, -0.15) is 0 Å². The van der Waals surface area contributed by atoms with Crippen LogP contribution in [0, 0.1) is 0 Å². The van der Waals surface area contributed by atoms with Gasteiger partial charge in [0.25, 0.3) is 0 Å². The minimum absolute atomic E-state index is 0.700. The van der Waals surface area contributed by atoms with E-state index in [1.54, 1.807) is 0 Å². The quantitative estimate of drug-likeness (QED) is 0.461. The van der Waals surface area contributed by atoms with Crippen LogP contribution < -0.4 is 0 Å². The lowest BCUT2D eigenvalue weighted by molar-refractivity contribution is 0.656. The third kappa shape index (κ3) is 1.37. The fourth-order valence-electron chi connectivity index (χ4n) is 2.28. The Kier molecular flexibility index (Phi) is 2.00. The van der Waals surface area contributed by atoms with Crippen molar-refractivity contribution in [2.45, 2.75) is 0 Å². The minimum Gasteiger partial charge on any atom is -0.438 e. The standard InChI is InChI=1S/C15H8BrNO/c16-10-5-6-13-9(7-10)8-12-11-3-1-2-4-14(11)18-15(12)17-13/h1-8H. The summed E-state index contributed by atoms with van der Waals surface area (Å²) < 4.78 is 6.83. The zero-order valence-corrected chi connectivity index (χ0v) is 10.9. The highest BCUT2D eigenvalue weighted by molar-refractivity contribution is 9.10. The minimum atomic E-state index is 0.700. The first-order valence-corrected chi connectivity index (χ1v) is 6.48. The topological polar surface area (TPSA) is 26.0 Å². The van der Waals surface area contributed by atoms with Crippen molar-refractivity contribution < 1.29 is 4.42 Å². The maximum atomic E-state index is 5.77. The van der Waals surface area contributed by atoms with Crippen molar-refractivity contribution in [1.29, 1.82) is 0 Å². The number of aromatic nitrogens is 1. The van der Waals surface area contributed by atoms with E-state index in [0.29, 0.717) is 5.71 Å². The van der Waals surface area contributed by atoms with E-state index in [4.69, 9.17) is 4.42 Å². The molecule has 3 heteroatoms. The van der Waals surface area contributed by atoms with Crippen molar-refractivity contribution in [2.24, 2.45) is 0 Å². The summed E-state index contributed by atoms with van der Waals surface area (Å²) in [4.78, 5) is 4.57. The molecule has 0 saturated heterocycles. The second kappa shape index (κ2) is 3.56. The van der Waals surface area contributed by atoms with Gasteiger partial charge in [-0.15, -0.1) is 0 Å². The Morgan fingerprint density at radius 1 is 0.944 bits per heavy atom. The van der Waals surface area contributed by atoms with Gasteiger partial charge in [0, 0.05) is 20.6 Å². The summed E-state index contributed by atoms with van der Waals surface area (Å²) in [5.41, 5.74) is 2.53. The molecule has 18 heavy (non-hydrogen) atoms. The number of hydrogen-bond acceptors (Lipinski definition) is 2. The highest BCUT2D eigenvalue weighted by atomic mass is 79.9. The number of hydrogen-bond donors (Lipinski definition) is 0. The summed E-state index contributed by atoms with van der Waals surface area (Å²) in [5, 5.41) is 3.29. The molecule has 0 radical (unpaired) electrons. The number of benzene rings is 2. The van der Waals surface area contributed by atoms with Crippen LogP contribution in [0.25, 0.3) is 33.0 Å². The highest BCUT2D eigenvalue weighted by Crippen LogP contribution is 2.30. The molecule has 0 amide bonds. The summed E-state index contributed by atoms with van der Waals surface area (Å²) in [6.07, 6.45) is 0. The third-order valence-electron chi connectivity index (χ3n) is 3.13. The predicted molar refractivity (Wildman–Crippen MR) is 76.7 cm³/mol. The molecule has 2 nitrogen and oxygen atoms in total. The van der Waals surface area contributed by atoms with Gasteiger partial charge < -0.3 is 4.42 Å². The summed E-state index contributed by atoms with van der Waals surface area (Å²) in [6.45, 7) is 0. The van der Waals surface area contributed by atoms with Crippen molar-refractivity contribution in [3.63, 3.8) is 0 Å². The lowest BCUT2D eigenvalue weighted by atomic mass is 10.1. The largest absolute Gasteiger partial charge is 0.438 e. The molecule has 4 rings (SSSR count). The van der Waals surface area contributed by atoms with Crippen molar-refractivity contribution in [3.8, 4) is 0 Å². The van der Waals surface area contributed by atoms with E-state index in [1.165, 1.54) is 0 Å². The molecule has 2 heterocycles. The van der Waals surface area contributed by atoms with Gasteiger partial charge in [0.1, 0.15) is 5.58 Å². The molecule has 2 aromatic heterocycles. The van der Waals surface area contributed by atoms with Crippen LogP contribution in [0.3, 0.4) is 0 Å². The molecule has 0 aliphatic heterocycles. The summed E-state index contributed by atoms with van der Waals surface area (Å²) in [7, 11) is 0. The van der Waals surface area contributed by atoms with Gasteiger partial charge in [0.2, 0.25) is 5.71 Å². The first kappa shape index (κ1) is 10.1. The van der Waals surface area contributed by atoms with Gasteiger partial charge >= 0.3 is 0 Å². The van der Waals surface area contributed by atoms with E-state index in [-0.39, 0.29) is 0 Å². The van der Waals surface area contributed by atoms with Gasteiger partial charge in [0.15, 0.2) is 0 Å². The first-order chi connectivity index (χ1) is 8.81. The van der Waals surface area contributed by atoms with Gasteiger partial charge in [-0.1, -0.05) is 34.1 Å². The van der Waals surface area contributed by atoms with Crippen LogP contribution in [-0.2, 0) is 0 Å². The molecule has 0 aliphatic rings. The van der Waals surface area contributed by atoms with Crippen LogP contribution in [0.1, 0.15) is 0 Å². The Labute approximate surface area is 111 Å². The predicted octanol–water partition coefficient (Wildman–Crippen LogP) is 4.90. The van der Waals surface area contributed by atoms with E-state index < -0.39 is 0 Å². The number of para-hydroxylation sites is 1. The van der Waals surface area contributed by atoms with Crippen molar-refractivity contribution in [1.82, 2.24) is 4.98 Å². The Morgan fingerprint density at radius 2 is 1.83 bits per heavy atom. The average molecular weight is 298 g/mol. The molecule has 0 unspecified atom stereocenters. The third-order valence-corrected chi connectivity index (χ3v) is 3.62. The van der Waals surface area contributed by atoms with Crippen LogP contribution in [-0.4, -0.2) is 4.98 Å². The Morgan fingerprint density at radius 3 is 2.78 bits per heavy atom. The molecule has 2 aromatic carbocycles. The first-order valence-electron chi connectivity index (χ1n) is 5.69. The molecule has 0 aliphatic carbocycles. The summed E-state index contributed by atoms with van der Waals surface area (Å²) in [6, 6.07) is 16.2. The maximum Gasteiger partial charge on any atom is 0.227 e. The number of rotatable bonds is 0. The SMILES string of the molecule is Brc1ccc2nc3oc4ccccc4c3cc2c1. The smallest absolute Gasteiger partial charge is 0.227 e. The van der Waals surface area contributed by atoms with Crippen LogP contribution in [0.15, 0.2) is 57.4 Å². The van der Waals surface area contributed by atoms with Crippen LogP contribution in [0.4, 0.5) is 0 Å². The lowest BCUT2D eigenvalue weighted by Gasteiger charge is -1.97. The molecule has 0 N–H and O–H groups in total. The van der Waals surface area contributed by atoms with Crippen LogP contribution >= 0.6 is 15.9 Å². The number of furan rings is 1. The summed E-state index contributed by atoms with van der Waals surface area (Å²) >= 11 is 3.49. The second-order valence-corrected chi connectivity index (χ2v) is 5.19. The molecule has 86 valence electrons. The number of fused-ring (bicyclic) bond motifs is 4. The van der Waals surface area contributed by atoms with E-state index in [9.17, 15) is 0 Å². The Balaban J connectivity index is 2.24. The maximum absolute atomic E-state index is 5.77. The molecule has 0 bridgehead atoms. The fraction of sp³-hybridized carbons (Fsp3) is 0. The van der Waals surface area contributed by atoms with Gasteiger partial charge in [-0.05, 0) is 30.3 Å². The van der Waals surface area contributed by atoms with Crippen molar-refractivity contribution in [3.05, 3.63) is 53.0 Å². The summed E-state index contributed by atoms with van der Waals surface area (Å²) in [5.74, 6) is 0. The monoisotopic (exact) mass is 297 g/mol. The van der Waals surface area contributed by atoms with E-state index in [2.05, 4.69) is 39.1 Å². The highest BCUT2D eigenvalue weighted by Gasteiger charge is 2.08. The van der Waals surface area contributed by atoms with E-state index in [0.717, 1.165) is 31.7 Å². The van der Waals surface area contributed by atoms with Gasteiger partial charge in [-0.25, -0.2) is 4.98 Å². The van der Waals surface area contributed by atoms with Crippen LogP contribution in [0.5, 0.6) is 0 Å². The fourth-order valence-corrected chi connectivity index (χ4v) is 2.66. The van der Waals surface area contributed by atoms with Crippen molar-refractivity contribution >= 4 is 48.9 Å². The number of pyridine rings is 1.